The molecule has 6 nitrogen and oxygen atoms in total. The van der Waals surface area contributed by atoms with Gasteiger partial charge in [0.05, 0.1) is 17.6 Å². The molecule has 1 fully saturated rings. The van der Waals surface area contributed by atoms with E-state index in [9.17, 15) is 9.59 Å². The zero-order chi connectivity index (χ0) is 22.7. The third kappa shape index (κ3) is 4.67. The van der Waals surface area contributed by atoms with E-state index in [-0.39, 0.29) is 17.3 Å². The summed E-state index contributed by atoms with van der Waals surface area (Å²) in [4.78, 5) is 26.2. The molecule has 4 rings (SSSR count). The number of ether oxygens (including phenoxy) is 2. The maximum Gasteiger partial charge on any atom is 0.293 e. The highest BCUT2D eigenvalue weighted by Crippen LogP contribution is 2.34. The molecule has 3 aromatic rings. The van der Waals surface area contributed by atoms with E-state index >= 15 is 0 Å². The minimum absolute atomic E-state index is 0.133. The lowest BCUT2D eigenvalue weighted by Crippen LogP contribution is -2.27. The number of fused-ring (bicyclic) bond motifs is 1. The fraction of sp³-hybridized carbons (Fsp3) is 0.280. The Kier molecular flexibility index (Phi) is 6.55. The van der Waals surface area contributed by atoms with Crippen molar-refractivity contribution < 1.29 is 19.1 Å². The van der Waals surface area contributed by atoms with Crippen molar-refractivity contribution in [1.29, 1.82) is 0 Å². The average molecular weight is 451 g/mol. The summed E-state index contributed by atoms with van der Waals surface area (Å²) >= 11 is 0.993. The van der Waals surface area contributed by atoms with Gasteiger partial charge in [0, 0.05) is 29.2 Å². The molecule has 2 aromatic carbocycles. The van der Waals surface area contributed by atoms with Crippen LogP contribution in [-0.2, 0) is 11.3 Å². The van der Waals surface area contributed by atoms with E-state index in [1.54, 1.807) is 6.92 Å². The molecule has 1 aliphatic rings. The zero-order valence-corrected chi connectivity index (χ0v) is 19.2. The Labute approximate surface area is 191 Å². The molecular formula is C25H26N2O4S. The maximum absolute atomic E-state index is 12.5. The second-order valence-electron chi connectivity index (χ2n) is 7.71. The van der Waals surface area contributed by atoms with Gasteiger partial charge >= 0.3 is 0 Å². The normalized spacial score (nSPS) is 15.4. The van der Waals surface area contributed by atoms with Crippen molar-refractivity contribution in [3.63, 3.8) is 0 Å². The number of rotatable bonds is 8. The molecule has 166 valence electrons. The highest BCUT2D eigenvalue weighted by molar-refractivity contribution is 8.18. The molecule has 2 heterocycles. The van der Waals surface area contributed by atoms with E-state index in [0.717, 1.165) is 39.7 Å². The number of hydrogen-bond acceptors (Lipinski definition) is 5. The summed E-state index contributed by atoms with van der Waals surface area (Å²) in [7, 11) is 0. The van der Waals surface area contributed by atoms with E-state index in [2.05, 4.69) is 4.57 Å². The van der Waals surface area contributed by atoms with Crippen molar-refractivity contribution in [3.05, 3.63) is 65.2 Å². The number of benzene rings is 2. The molecule has 0 bridgehead atoms. The van der Waals surface area contributed by atoms with Gasteiger partial charge < -0.3 is 14.0 Å². The molecule has 32 heavy (non-hydrogen) atoms. The van der Waals surface area contributed by atoms with Crippen LogP contribution in [0.15, 0.2) is 59.6 Å². The minimum atomic E-state index is -0.229. The maximum atomic E-state index is 12.5. The van der Waals surface area contributed by atoms with E-state index in [0.29, 0.717) is 24.6 Å². The standard InChI is InChI=1S/C25H26N2O4S/c1-4-27-24(28)23(32-25(27)29)15-18-16-26(22-8-6-5-7-21(18)22)13-14-30-19-9-11-20(12-10-19)31-17(2)3/h5-12,15-17H,4,13-14H2,1-3H3/b23-15-. The van der Waals surface area contributed by atoms with Crippen LogP contribution in [-0.4, -0.2) is 39.9 Å². The highest BCUT2D eigenvalue weighted by Gasteiger charge is 2.33. The largest absolute Gasteiger partial charge is 0.492 e. The van der Waals surface area contributed by atoms with Crippen LogP contribution < -0.4 is 9.47 Å². The molecule has 0 saturated carbocycles. The first-order valence-electron chi connectivity index (χ1n) is 10.7. The number of imide groups is 1. The van der Waals surface area contributed by atoms with Crippen LogP contribution in [0.3, 0.4) is 0 Å². The summed E-state index contributed by atoms with van der Waals surface area (Å²) in [5.74, 6) is 1.37. The second kappa shape index (κ2) is 9.53. The number of para-hydroxylation sites is 1. The quantitative estimate of drug-likeness (QED) is 0.420. The van der Waals surface area contributed by atoms with Gasteiger partial charge in [-0.1, -0.05) is 18.2 Å². The Morgan fingerprint density at radius 1 is 1.03 bits per heavy atom. The van der Waals surface area contributed by atoms with Gasteiger partial charge in [0.2, 0.25) is 0 Å². The Hall–Kier alpha value is -3.19. The number of carbonyl (C=O) groups excluding carboxylic acids is 2. The molecule has 0 atom stereocenters. The Balaban J connectivity index is 1.49. The average Bonchev–Trinajstić information content (AvgIpc) is 3.25. The van der Waals surface area contributed by atoms with Crippen LogP contribution in [0.25, 0.3) is 17.0 Å². The molecule has 7 heteroatoms. The lowest BCUT2D eigenvalue weighted by Gasteiger charge is -2.11. The molecule has 0 N–H and O–H groups in total. The van der Waals surface area contributed by atoms with Gasteiger partial charge in [0.25, 0.3) is 11.1 Å². The molecule has 0 spiro atoms. The molecular weight excluding hydrogens is 424 g/mol. The lowest BCUT2D eigenvalue weighted by atomic mass is 10.1. The van der Waals surface area contributed by atoms with Crippen LogP contribution >= 0.6 is 11.8 Å². The van der Waals surface area contributed by atoms with Crippen molar-refractivity contribution in [3.8, 4) is 11.5 Å². The third-order valence-electron chi connectivity index (χ3n) is 5.09. The first kappa shape index (κ1) is 22.0. The predicted octanol–water partition coefficient (Wildman–Crippen LogP) is 5.56. The number of thioether (sulfide) groups is 1. The van der Waals surface area contributed by atoms with Gasteiger partial charge in [-0.05, 0) is 68.9 Å². The molecule has 1 saturated heterocycles. The molecule has 0 radical (unpaired) electrons. The Bertz CT molecular complexity index is 1160. The van der Waals surface area contributed by atoms with Crippen LogP contribution in [0.5, 0.6) is 11.5 Å². The van der Waals surface area contributed by atoms with Crippen molar-refractivity contribution in [2.75, 3.05) is 13.2 Å². The summed E-state index contributed by atoms with van der Waals surface area (Å²) in [6.07, 6.45) is 3.95. The van der Waals surface area contributed by atoms with Gasteiger partial charge in [0.1, 0.15) is 18.1 Å². The first-order valence-corrected chi connectivity index (χ1v) is 11.5. The van der Waals surface area contributed by atoms with E-state index < -0.39 is 0 Å². The summed E-state index contributed by atoms with van der Waals surface area (Å²) < 4.78 is 13.7. The Morgan fingerprint density at radius 2 is 1.75 bits per heavy atom. The van der Waals surface area contributed by atoms with Gasteiger partial charge in [-0.2, -0.15) is 0 Å². The number of amides is 2. The molecule has 1 aliphatic heterocycles. The van der Waals surface area contributed by atoms with E-state index in [4.69, 9.17) is 9.47 Å². The summed E-state index contributed by atoms with van der Waals surface area (Å²) in [6.45, 7) is 7.32. The first-order chi connectivity index (χ1) is 15.5. The molecule has 2 amide bonds. The van der Waals surface area contributed by atoms with E-state index in [1.807, 2.05) is 74.7 Å². The zero-order valence-electron chi connectivity index (χ0n) is 18.4. The summed E-state index contributed by atoms with van der Waals surface area (Å²) in [5, 5.41) is 0.816. The van der Waals surface area contributed by atoms with Crippen LogP contribution in [0.2, 0.25) is 0 Å². The predicted molar refractivity (Wildman–Crippen MR) is 128 cm³/mol. The number of hydrogen-bond donors (Lipinski definition) is 0. The van der Waals surface area contributed by atoms with Gasteiger partial charge in [0.15, 0.2) is 0 Å². The fourth-order valence-corrected chi connectivity index (χ4v) is 4.53. The van der Waals surface area contributed by atoms with Crippen LogP contribution in [0.4, 0.5) is 4.79 Å². The van der Waals surface area contributed by atoms with Crippen molar-refractivity contribution in [2.45, 2.75) is 33.4 Å². The van der Waals surface area contributed by atoms with Gasteiger partial charge in [-0.15, -0.1) is 0 Å². The summed E-state index contributed by atoms with van der Waals surface area (Å²) in [6, 6.07) is 15.6. The van der Waals surface area contributed by atoms with Crippen LogP contribution in [0.1, 0.15) is 26.3 Å². The third-order valence-corrected chi connectivity index (χ3v) is 6.00. The smallest absolute Gasteiger partial charge is 0.293 e. The monoisotopic (exact) mass is 450 g/mol. The SMILES string of the molecule is CCN1C(=O)S/C(=C\c2cn(CCOc3ccc(OC(C)C)cc3)c3ccccc23)C1=O. The minimum Gasteiger partial charge on any atom is -0.492 e. The van der Waals surface area contributed by atoms with Crippen molar-refractivity contribution >= 4 is 39.9 Å². The Morgan fingerprint density at radius 3 is 2.44 bits per heavy atom. The van der Waals surface area contributed by atoms with Crippen molar-refractivity contribution in [1.82, 2.24) is 9.47 Å². The highest BCUT2D eigenvalue weighted by atomic mass is 32.2. The second-order valence-corrected chi connectivity index (χ2v) is 8.70. The number of nitrogens with zero attached hydrogens (tertiary/aromatic N) is 2. The van der Waals surface area contributed by atoms with Crippen molar-refractivity contribution in [2.24, 2.45) is 0 Å². The van der Waals surface area contributed by atoms with Gasteiger partial charge in [-0.25, -0.2) is 0 Å². The molecule has 0 unspecified atom stereocenters. The number of aromatic nitrogens is 1. The van der Waals surface area contributed by atoms with E-state index in [1.165, 1.54) is 4.90 Å². The lowest BCUT2D eigenvalue weighted by molar-refractivity contribution is -0.122. The summed E-state index contributed by atoms with van der Waals surface area (Å²) in [5.41, 5.74) is 1.97. The number of likely N-dealkylation sites (N-methyl/N-ethyl adjacent to an activating group) is 1. The fourth-order valence-electron chi connectivity index (χ4n) is 3.64. The van der Waals surface area contributed by atoms with Gasteiger partial charge in [-0.3, -0.25) is 14.5 Å². The molecule has 0 aliphatic carbocycles. The van der Waals surface area contributed by atoms with Crippen LogP contribution in [0, 0.1) is 0 Å². The molecule has 1 aromatic heterocycles. The topological polar surface area (TPSA) is 60.8 Å². The number of carbonyl (C=O) groups is 2.